The van der Waals surface area contributed by atoms with E-state index >= 15 is 0 Å². The van der Waals surface area contributed by atoms with Crippen LogP contribution in [0.4, 0.5) is 10.5 Å². The van der Waals surface area contributed by atoms with Gasteiger partial charge >= 0.3 is 6.03 Å². The number of methoxy groups -OCH3 is 3. The highest BCUT2D eigenvalue weighted by Gasteiger charge is 2.35. The summed E-state index contributed by atoms with van der Waals surface area (Å²) >= 11 is 0. The molecule has 0 spiro atoms. The lowest BCUT2D eigenvalue weighted by Gasteiger charge is -2.36. The molecule has 2 heterocycles. The van der Waals surface area contributed by atoms with Gasteiger partial charge in [0.25, 0.3) is 0 Å². The molecule has 1 atom stereocenters. The summed E-state index contributed by atoms with van der Waals surface area (Å²) in [5.41, 5.74) is 5.93. The summed E-state index contributed by atoms with van der Waals surface area (Å²) in [6.07, 6.45) is 0.730. The van der Waals surface area contributed by atoms with Gasteiger partial charge in [-0.25, -0.2) is 4.79 Å². The van der Waals surface area contributed by atoms with Crippen LogP contribution in [-0.2, 0) is 6.42 Å². The number of amides is 2. The second kappa shape index (κ2) is 9.25. The monoisotopic (exact) mass is 471 g/mol. The fourth-order valence-corrected chi connectivity index (χ4v) is 4.85. The van der Waals surface area contributed by atoms with E-state index < -0.39 is 0 Å². The van der Waals surface area contributed by atoms with E-state index in [4.69, 9.17) is 14.2 Å². The van der Waals surface area contributed by atoms with Crippen LogP contribution in [-0.4, -0.2) is 43.8 Å². The number of hydrogen-bond donors (Lipinski definition) is 2. The number of carbonyl (C=O) groups is 1. The van der Waals surface area contributed by atoms with Crippen LogP contribution in [0, 0.1) is 6.92 Å². The van der Waals surface area contributed by atoms with Gasteiger partial charge in [0.1, 0.15) is 17.2 Å². The lowest BCUT2D eigenvalue weighted by atomic mass is 9.92. The summed E-state index contributed by atoms with van der Waals surface area (Å²) in [4.78, 5) is 19.1. The lowest BCUT2D eigenvalue weighted by molar-refractivity contribution is 0.193. The van der Waals surface area contributed by atoms with Gasteiger partial charge in [0.05, 0.1) is 33.1 Å². The Morgan fingerprint density at radius 3 is 2.40 bits per heavy atom. The fourth-order valence-electron chi connectivity index (χ4n) is 4.85. The Morgan fingerprint density at radius 2 is 1.69 bits per heavy atom. The van der Waals surface area contributed by atoms with E-state index in [9.17, 15) is 4.79 Å². The van der Waals surface area contributed by atoms with Crippen molar-refractivity contribution in [1.82, 2.24) is 9.88 Å². The van der Waals surface area contributed by atoms with Crippen molar-refractivity contribution in [2.75, 3.05) is 33.2 Å². The van der Waals surface area contributed by atoms with E-state index in [1.165, 1.54) is 5.56 Å². The molecule has 1 aromatic heterocycles. The van der Waals surface area contributed by atoms with Crippen LogP contribution >= 0.6 is 0 Å². The molecule has 7 nitrogen and oxygen atoms in total. The number of H-pyrrole nitrogens is 1. The summed E-state index contributed by atoms with van der Waals surface area (Å²) in [5.74, 6) is 2.21. The fraction of sp³-hybridized carbons (Fsp3) is 0.250. The number of anilines is 1. The zero-order valence-electron chi connectivity index (χ0n) is 20.3. The number of fused-ring (bicyclic) bond motifs is 3. The van der Waals surface area contributed by atoms with E-state index in [0.717, 1.165) is 45.6 Å². The zero-order chi connectivity index (χ0) is 24.5. The Bertz CT molecular complexity index is 1380. The van der Waals surface area contributed by atoms with E-state index in [1.807, 2.05) is 66.4 Å². The minimum absolute atomic E-state index is 0.184. The van der Waals surface area contributed by atoms with Crippen molar-refractivity contribution in [3.05, 3.63) is 83.0 Å². The smallest absolute Gasteiger partial charge is 0.322 e. The molecule has 2 amide bonds. The first kappa shape index (κ1) is 22.7. The number of nitrogens with one attached hydrogen (secondary N) is 2. The van der Waals surface area contributed by atoms with E-state index in [2.05, 4.69) is 16.4 Å². The second-order valence-corrected chi connectivity index (χ2v) is 8.68. The summed E-state index contributed by atoms with van der Waals surface area (Å²) in [6, 6.07) is 19.2. The molecule has 1 aliphatic rings. The maximum atomic E-state index is 13.7. The second-order valence-electron chi connectivity index (χ2n) is 8.68. The molecule has 3 aromatic carbocycles. The largest absolute Gasteiger partial charge is 0.497 e. The van der Waals surface area contributed by atoms with Crippen molar-refractivity contribution >= 4 is 22.6 Å². The highest BCUT2D eigenvalue weighted by molar-refractivity contribution is 5.93. The van der Waals surface area contributed by atoms with Crippen molar-refractivity contribution in [2.24, 2.45) is 0 Å². The van der Waals surface area contributed by atoms with Gasteiger partial charge < -0.3 is 29.4 Å². The first-order valence-corrected chi connectivity index (χ1v) is 11.6. The van der Waals surface area contributed by atoms with E-state index in [-0.39, 0.29) is 12.1 Å². The van der Waals surface area contributed by atoms with Gasteiger partial charge in [-0.1, -0.05) is 18.2 Å². The molecule has 0 radical (unpaired) electrons. The molecule has 2 N–H and O–H groups in total. The molecule has 180 valence electrons. The number of aromatic amines is 1. The third-order valence-corrected chi connectivity index (χ3v) is 6.62. The van der Waals surface area contributed by atoms with Gasteiger partial charge in [-0.3, -0.25) is 0 Å². The first-order valence-electron chi connectivity index (χ1n) is 11.6. The van der Waals surface area contributed by atoms with E-state index in [1.54, 1.807) is 21.3 Å². The van der Waals surface area contributed by atoms with Crippen LogP contribution in [0.25, 0.3) is 10.9 Å². The van der Waals surface area contributed by atoms with Gasteiger partial charge in [0.2, 0.25) is 0 Å². The minimum atomic E-state index is -0.293. The van der Waals surface area contributed by atoms with Crippen molar-refractivity contribution in [3.8, 4) is 17.2 Å². The highest BCUT2D eigenvalue weighted by Crippen LogP contribution is 2.40. The molecule has 4 aromatic rings. The Hall–Kier alpha value is -4.13. The number of benzene rings is 3. The number of aryl methyl sites for hydroxylation is 1. The normalized spacial score (nSPS) is 15.0. The van der Waals surface area contributed by atoms with Crippen molar-refractivity contribution in [1.29, 1.82) is 0 Å². The predicted octanol–water partition coefficient (Wildman–Crippen LogP) is 5.68. The summed E-state index contributed by atoms with van der Waals surface area (Å²) in [6.45, 7) is 2.55. The van der Waals surface area contributed by atoms with Crippen LogP contribution in [0.2, 0.25) is 0 Å². The zero-order valence-corrected chi connectivity index (χ0v) is 20.3. The van der Waals surface area contributed by atoms with Gasteiger partial charge in [-0.2, -0.15) is 0 Å². The molecule has 7 heteroatoms. The van der Waals surface area contributed by atoms with Gasteiger partial charge in [0.15, 0.2) is 0 Å². The van der Waals surface area contributed by atoms with Crippen molar-refractivity contribution in [3.63, 3.8) is 0 Å². The Morgan fingerprint density at radius 1 is 0.943 bits per heavy atom. The van der Waals surface area contributed by atoms with Crippen LogP contribution < -0.4 is 19.5 Å². The molecule has 1 aliphatic heterocycles. The average Bonchev–Trinajstić information content (AvgIpc) is 3.26. The molecule has 0 unspecified atom stereocenters. The molecule has 0 bridgehead atoms. The summed E-state index contributed by atoms with van der Waals surface area (Å²) in [7, 11) is 4.92. The molecule has 0 fully saturated rings. The van der Waals surface area contributed by atoms with Crippen molar-refractivity contribution < 1.29 is 19.0 Å². The average molecular weight is 472 g/mol. The molecular formula is C28H29N3O4. The molecule has 0 saturated heterocycles. The number of carbonyl (C=O) groups excluding carboxylic acids is 1. The van der Waals surface area contributed by atoms with E-state index in [0.29, 0.717) is 18.0 Å². The lowest BCUT2D eigenvalue weighted by Crippen LogP contribution is -2.43. The molecule has 0 aliphatic carbocycles. The first-order chi connectivity index (χ1) is 17.0. The molecule has 0 saturated carbocycles. The number of nitrogens with zero attached hydrogens (tertiary/aromatic N) is 1. The topological polar surface area (TPSA) is 75.8 Å². The Kier molecular flexibility index (Phi) is 5.99. The number of rotatable bonds is 5. The third kappa shape index (κ3) is 4.14. The van der Waals surface area contributed by atoms with Crippen LogP contribution in [0.1, 0.15) is 28.4 Å². The Balaban J connectivity index is 1.58. The summed E-state index contributed by atoms with van der Waals surface area (Å²) < 4.78 is 16.3. The molecular weight excluding hydrogens is 442 g/mol. The number of hydrogen-bond acceptors (Lipinski definition) is 4. The maximum Gasteiger partial charge on any atom is 0.322 e. The standard InChI is InChI=1S/C28H29N3O4/c1-17-5-12-25(35-4)24(15-17)30-28(32)31-14-13-21-22-16-20(34-3)10-11-23(22)29-26(21)27(31)18-6-8-19(33-2)9-7-18/h5-12,15-16,27,29H,13-14H2,1-4H3,(H,30,32)/t27-/m1/s1. The predicted molar refractivity (Wildman–Crippen MR) is 137 cm³/mol. The Labute approximate surface area is 204 Å². The number of aromatic nitrogens is 1. The minimum Gasteiger partial charge on any atom is -0.497 e. The molecule has 5 rings (SSSR count). The number of urea groups is 1. The van der Waals surface area contributed by atoms with Crippen LogP contribution in [0.3, 0.4) is 0 Å². The quantitative estimate of drug-likeness (QED) is 0.393. The van der Waals surface area contributed by atoms with Gasteiger partial charge in [-0.05, 0) is 72.5 Å². The van der Waals surface area contributed by atoms with Crippen molar-refractivity contribution in [2.45, 2.75) is 19.4 Å². The number of ether oxygens (including phenoxy) is 3. The molecule has 35 heavy (non-hydrogen) atoms. The maximum absolute atomic E-state index is 13.7. The highest BCUT2D eigenvalue weighted by atomic mass is 16.5. The third-order valence-electron chi connectivity index (χ3n) is 6.62. The van der Waals surface area contributed by atoms with Gasteiger partial charge in [0, 0.05) is 23.1 Å². The summed E-state index contributed by atoms with van der Waals surface area (Å²) in [5, 5.41) is 4.20. The SMILES string of the molecule is COc1ccc([C@@H]2c3[nH]c4ccc(OC)cc4c3CCN2C(=O)Nc2cc(C)ccc2OC)cc1. The van der Waals surface area contributed by atoms with Crippen LogP contribution in [0.5, 0.6) is 17.2 Å². The van der Waals surface area contributed by atoms with Gasteiger partial charge in [-0.15, -0.1) is 0 Å². The van der Waals surface area contributed by atoms with Crippen LogP contribution in [0.15, 0.2) is 60.7 Å².